The quantitative estimate of drug-likeness (QED) is 0.876. The maximum absolute atomic E-state index is 13.2. The lowest BCUT2D eigenvalue weighted by Gasteiger charge is -2.23. The largest absolute Gasteiger partial charge is 0.303 e. The van der Waals surface area contributed by atoms with Crippen LogP contribution in [-0.4, -0.2) is 4.98 Å². The fourth-order valence-electron chi connectivity index (χ4n) is 2.20. The van der Waals surface area contributed by atoms with E-state index in [2.05, 4.69) is 29.4 Å². The molecule has 1 aromatic heterocycles. The van der Waals surface area contributed by atoms with Crippen molar-refractivity contribution in [3.8, 4) is 0 Å². The van der Waals surface area contributed by atoms with E-state index >= 15 is 0 Å². The summed E-state index contributed by atoms with van der Waals surface area (Å²) in [6, 6.07) is 12.2. The molecule has 100 valence electrons. The topological polar surface area (TPSA) is 24.9 Å². The van der Waals surface area contributed by atoms with Gasteiger partial charge in [-0.2, -0.15) is 0 Å². The van der Waals surface area contributed by atoms with Gasteiger partial charge in [-0.15, -0.1) is 0 Å². The van der Waals surface area contributed by atoms with Crippen molar-refractivity contribution in [2.45, 2.75) is 32.4 Å². The summed E-state index contributed by atoms with van der Waals surface area (Å²) in [7, 11) is 0. The number of aromatic nitrogens is 1. The lowest BCUT2D eigenvalue weighted by Crippen LogP contribution is -2.24. The van der Waals surface area contributed by atoms with Crippen LogP contribution in [0.15, 0.2) is 48.8 Å². The zero-order chi connectivity index (χ0) is 13.7. The summed E-state index contributed by atoms with van der Waals surface area (Å²) in [4.78, 5) is 3.90. The first-order chi connectivity index (χ1) is 9.20. The van der Waals surface area contributed by atoms with E-state index in [4.69, 9.17) is 0 Å². The van der Waals surface area contributed by atoms with E-state index < -0.39 is 0 Å². The van der Waals surface area contributed by atoms with Crippen LogP contribution in [0.3, 0.4) is 0 Å². The maximum atomic E-state index is 13.2. The van der Waals surface area contributed by atoms with Gasteiger partial charge in [0.05, 0.1) is 6.20 Å². The van der Waals surface area contributed by atoms with Gasteiger partial charge >= 0.3 is 0 Å². The molecule has 0 fully saturated rings. The molecule has 1 N–H and O–H groups in total. The third-order valence-electron chi connectivity index (χ3n) is 3.29. The number of hydrogen-bond acceptors (Lipinski definition) is 2. The second-order valence-electron chi connectivity index (χ2n) is 4.70. The van der Waals surface area contributed by atoms with Crippen molar-refractivity contribution in [1.82, 2.24) is 10.3 Å². The Morgan fingerprint density at radius 3 is 2.53 bits per heavy atom. The average Bonchev–Trinajstić information content (AvgIpc) is 2.45. The molecule has 1 heterocycles. The van der Waals surface area contributed by atoms with Crippen LogP contribution < -0.4 is 5.32 Å². The highest BCUT2D eigenvalue weighted by molar-refractivity contribution is 5.20. The number of hydrogen-bond donors (Lipinski definition) is 1. The summed E-state index contributed by atoms with van der Waals surface area (Å²) < 4.78 is 13.2. The second kappa shape index (κ2) is 6.43. The minimum atomic E-state index is -0.293. The van der Waals surface area contributed by atoms with E-state index in [0.29, 0.717) is 0 Å². The highest BCUT2D eigenvalue weighted by Gasteiger charge is 2.14. The summed E-state index contributed by atoms with van der Waals surface area (Å²) in [5.74, 6) is -0.293. The van der Waals surface area contributed by atoms with Gasteiger partial charge in [0, 0.05) is 18.3 Å². The number of halogens is 1. The summed E-state index contributed by atoms with van der Waals surface area (Å²) in [5, 5.41) is 3.52. The van der Waals surface area contributed by atoms with Crippen molar-refractivity contribution < 1.29 is 4.39 Å². The number of pyridine rings is 1. The Morgan fingerprint density at radius 2 is 1.89 bits per heavy atom. The molecule has 2 aromatic rings. The first kappa shape index (κ1) is 13.7. The van der Waals surface area contributed by atoms with Crippen molar-refractivity contribution >= 4 is 0 Å². The average molecular weight is 258 g/mol. The number of benzene rings is 1. The molecule has 2 rings (SSSR count). The molecule has 3 heteroatoms. The molecule has 1 aromatic carbocycles. The fraction of sp³-hybridized carbons (Fsp3) is 0.312. The van der Waals surface area contributed by atoms with Gasteiger partial charge in [-0.25, -0.2) is 4.39 Å². The predicted molar refractivity (Wildman–Crippen MR) is 75.2 cm³/mol. The number of rotatable bonds is 5. The highest BCUT2D eigenvalue weighted by atomic mass is 19.1. The van der Waals surface area contributed by atoms with Crippen molar-refractivity contribution in [3.63, 3.8) is 0 Å². The molecule has 2 unspecified atom stereocenters. The molecule has 0 bridgehead atoms. The maximum Gasteiger partial charge on any atom is 0.141 e. The monoisotopic (exact) mass is 258 g/mol. The smallest absolute Gasteiger partial charge is 0.141 e. The molecule has 2 nitrogen and oxygen atoms in total. The standard InChI is InChI=1S/C16H19FN2/c1-3-16(13-7-5-4-6-8-13)19-12(2)14-9-15(17)11-18-10-14/h4-12,16,19H,3H2,1-2H3. The Bertz CT molecular complexity index is 513. The highest BCUT2D eigenvalue weighted by Crippen LogP contribution is 2.21. The summed E-state index contributed by atoms with van der Waals surface area (Å²) in [6.07, 6.45) is 3.92. The van der Waals surface area contributed by atoms with Crippen LogP contribution in [0.4, 0.5) is 4.39 Å². The first-order valence-electron chi connectivity index (χ1n) is 6.62. The Morgan fingerprint density at radius 1 is 1.16 bits per heavy atom. The molecule has 0 radical (unpaired) electrons. The molecule has 0 spiro atoms. The lowest BCUT2D eigenvalue weighted by atomic mass is 10.0. The van der Waals surface area contributed by atoms with Crippen molar-refractivity contribution in [2.75, 3.05) is 0 Å². The van der Waals surface area contributed by atoms with Gasteiger partial charge in [0.2, 0.25) is 0 Å². The summed E-state index contributed by atoms with van der Waals surface area (Å²) in [5.41, 5.74) is 2.12. The summed E-state index contributed by atoms with van der Waals surface area (Å²) >= 11 is 0. The van der Waals surface area contributed by atoms with Crippen molar-refractivity contribution in [3.05, 3.63) is 65.7 Å². The van der Waals surface area contributed by atoms with Crippen molar-refractivity contribution in [2.24, 2.45) is 0 Å². The lowest BCUT2D eigenvalue weighted by molar-refractivity contribution is 0.454. The first-order valence-corrected chi connectivity index (χ1v) is 6.62. The van der Waals surface area contributed by atoms with Crippen LogP contribution in [0.1, 0.15) is 43.5 Å². The van der Waals surface area contributed by atoms with Gasteiger partial charge in [0.15, 0.2) is 0 Å². The van der Waals surface area contributed by atoms with E-state index in [-0.39, 0.29) is 17.9 Å². The van der Waals surface area contributed by atoms with Crippen LogP contribution in [0.5, 0.6) is 0 Å². The van der Waals surface area contributed by atoms with Gasteiger partial charge in [-0.1, -0.05) is 37.3 Å². The van der Waals surface area contributed by atoms with E-state index in [1.54, 1.807) is 6.20 Å². The van der Waals surface area contributed by atoms with E-state index in [1.165, 1.54) is 17.8 Å². The molecule has 19 heavy (non-hydrogen) atoms. The SMILES string of the molecule is CCC(NC(C)c1cncc(F)c1)c1ccccc1. The van der Waals surface area contributed by atoms with Gasteiger partial charge in [0.25, 0.3) is 0 Å². The number of nitrogens with zero attached hydrogens (tertiary/aromatic N) is 1. The fourth-order valence-corrected chi connectivity index (χ4v) is 2.20. The van der Waals surface area contributed by atoms with E-state index in [1.807, 2.05) is 25.1 Å². The predicted octanol–water partition coefficient (Wildman–Crippen LogP) is 4.02. The van der Waals surface area contributed by atoms with E-state index in [0.717, 1.165) is 12.0 Å². The minimum Gasteiger partial charge on any atom is -0.303 e. The van der Waals surface area contributed by atoms with Gasteiger partial charge in [-0.3, -0.25) is 4.98 Å². The molecule has 0 saturated heterocycles. The van der Waals surface area contributed by atoms with Crippen molar-refractivity contribution in [1.29, 1.82) is 0 Å². The van der Waals surface area contributed by atoms with Crippen LogP contribution in [0.25, 0.3) is 0 Å². The van der Waals surface area contributed by atoms with Crippen LogP contribution in [0.2, 0.25) is 0 Å². The normalized spacial score (nSPS) is 14.1. The molecular formula is C16H19FN2. The molecule has 0 amide bonds. The van der Waals surface area contributed by atoms with Gasteiger partial charge in [-0.05, 0) is 30.5 Å². The molecule has 0 aliphatic rings. The van der Waals surface area contributed by atoms with Crippen LogP contribution >= 0.6 is 0 Å². The molecule has 0 aliphatic heterocycles. The third kappa shape index (κ3) is 3.61. The third-order valence-corrected chi connectivity index (χ3v) is 3.29. The minimum absolute atomic E-state index is 0.0633. The molecular weight excluding hydrogens is 239 g/mol. The zero-order valence-electron chi connectivity index (χ0n) is 11.3. The Hall–Kier alpha value is -1.74. The van der Waals surface area contributed by atoms with E-state index in [9.17, 15) is 4.39 Å². The molecule has 0 aliphatic carbocycles. The Balaban J connectivity index is 2.10. The number of nitrogens with one attached hydrogen (secondary N) is 1. The molecule has 0 saturated carbocycles. The van der Waals surface area contributed by atoms with Gasteiger partial charge < -0.3 is 5.32 Å². The summed E-state index contributed by atoms with van der Waals surface area (Å²) in [6.45, 7) is 4.17. The van der Waals surface area contributed by atoms with Crippen LogP contribution in [0, 0.1) is 5.82 Å². The zero-order valence-corrected chi connectivity index (χ0v) is 11.3. The Labute approximate surface area is 113 Å². The van der Waals surface area contributed by atoms with Gasteiger partial charge in [0.1, 0.15) is 5.82 Å². The molecule has 2 atom stereocenters. The van der Waals surface area contributed by atoms with Crippen LogP contribution in [-0.2, 0) is 0 Å². The second-order valence-corrected chi connectivity index (χ2v) is 4.70. The Kier molecular flexibility index (Phi) is 4.63.